The normalized spacial score (nSPS) is 10.9. The van der Waals surface area contributed by atoms with Crippen LogP contribution in [-0.4, -0.2) is 34.9 Å². The van der Waals surface area contributed by atoms with E-state index in [9.17, 15) is 0 Å². The minimum Gasteiger partial charge on any atom is -0.309 e. The highest BCUT2D eigenvalue weighted by Gasteiger charge is 2.00. The first kappa shape index (κ1) is 8.90. The summed E-state index contributed by atoms with van der Waals surface area (Å²) in [5, 5.41) is 0. The van der Waals surface area contributed by atoms with Crippen LogP contribution >= 0.6 is 23.1 Å². The molecule has 0 aliphatic heterocycles. The number of nitrogens with zero attached hydrogens (tertiary/aromatic N) is 3. The second-order valence-corrected chi connectivity index (χ2v) is 3.85. The summed E-state index contributed by atoms with van der Waals surface area (Å²) >= 11 is 6.85. The Hall–Kier alpha value is -0.190. The van der Waals surface area contributed by atoms with Crippen LogP contribution in [-0.2, 0) is 6.42 Å². The summed E-state index contributed by atoms with van der Waals surface area (Å²) in [6.45, 7) is 0.965. The number of hydrogen-bond donors (Lipinski definition) is 0. The molecule has 0 saturated carbocycles. The standard InChI is InChI=1S/C6H10ClN3S/c1-10(2)4-3-5-8-6(7)11-9-5/h3-4H2,1-2H3. The first-order valence-electron chi connectivity index (χ1n) is 3.31. The zero-order chi connectivity index (χ0) is 8.27. The molecule has 62 valence electrons. The fourth-order valence-electron chi connectivity index (χ4n) is 0.658. The minimum absolute atomic E-state index is 0.527. The van der Waals surface area contributed by atoms with Crippen LogP contribution in [0.25, 0.3) is 0 Å². The van der Waals surface area contributed by atoms with Gasteiger partial charge in [0.15, 0.2) is 0 Å². The van der Waals surface area contributed by atoms with Gasteiger partial charge in [0.25, 0.3) is 0 Å². The molecule has 0 unspecified atom stereocenters. The average Bonchev–Trinajstić information content (AvgIpc) is 2.31. The Balaban J connectivity index is 2.39. The summed E-state index contributed by atoms with van der Waals surface area (Å²) in [5.41, 5.74) is 0. The molecule has 0 radical (unpaired) electrons. The van der Waals surface area contributed by atoms with Crippen molar-refractivity contribution in [3.63, 3.8) is 0 Å². The first-order chi connectivity index (χ1) is 5.18. The van der Waals surface area contributed by atoms with Gasteiger partial charge in [0.1, 0.15) is 5.82 Å². The summed E-state index contributed by atoms with van der Waals surface area (Å²) in [7, 11) is 4.04. The van der Waals surface area contributed by atoms with Crippen molar-refractivity contribution in [1.82, 2.24) is 14.3 Å². The van der Waals surface area contributed by atoms with Gasteiger partial charge in [0, 0.05) is 13.0 Å². The van der Waals surface area contributed by atoms with Gasteiger partial charge in [-0.05, 0) is 37.2 Å². The van der Waals surface area contributed by atoms with Gasteiger partial charge < -0.3 is 4.90 Å². The third-order valence-corrected chi connectivity index (χ3v) is 2.06. The summed E-state index contributed by atoms with van der Waals surface area (Å²) in [6, 6.07) is 0. The van der Waals surface area contributed by atoms with E-state index in [1.165, 1.54) is 11.5 Å². The summed E-state index contributed by atoms with van der Waals surface area (Å²) in [4.78, 5) is 6.12. The van der Waals surface area contributed by atoms with Crippen LogP contribution in [0.2, 0.25) is 4.47 Å². The molecule has 1 rings (SSSR count). The van der Waals surface area contributed by atoms with E-state index < -0.39 is 0 Å². The van der Waals surface area contributed by atoms with Gasteiger partial charge in [-0.25, -0.2) is 4.98 Å². The number of hydrogen-bond acceptors (Lipinski definition) is 4. The van der Waals surface area contributed by atoms with E-state index in [-0.39, 0.29) is 0 Å². The third kappa shape index (κ3) is 3.14. The molecule has 1 aromatic rings. The van der Waals surface area contributed by atoms with Gasteiger partial charge in [-0.15, -0.1) is 0 Å². The van der Waals surface area contributed by atoms with Gasteiger partial charge in [0.05, 0.1) is 0 Å². The maximum absolute atomic E-state index is 5.61. The number of aromatic nitrogens is 2. The Morgan fingerprint density at radius 2 is 2.27 bits per heavy atom. The lowest BCUT2D eigenvalue weighted by molar-refractivity contribution is 0.410. The highest BCUT2D eigenvalue weighted by Crippen LogP contribution is 2.10. The van der Waals surface area contributed by atoms with Gasteiger partial charge >= 0.3 is 0 Å². The Kier molecular flexibility index (Phi) is 3.23. The van der Waals surface area contributed by atoms with Gasteiger partial charge in [0.2, 0.25) is 4.47 Å². The van der Waals surface area contributed by atoms with E-state index in [0.29, 0.717) is 4.47 Å². The van der Waals surface area contributed by atoms with Gasteiger partial charge in [-0.2, -0.15) is 4.37 Å². The summed E-state index contributed by atoms with van der Waals surface area (Å²) in [6.07, 6.45) is 0.871. The molecular formula is C6H10ClN3S. The molecule has 0 spiro atoms. The van der Waals surface area contributed by atoms with E-state index in [1.54, 1.807) is 0 Å². The van der Waals surface area contributed by atoms with E-state index in [1.807, 2.05) is 14.1 Å². The van der Waals surface area contributed by atoms with E-state index in [0.717, 1.165) is 18.8 Å². The van der Waals surface area contributed by atoms with E-state index in [4.69, 9.17) is 11.6 Å². The van der Waals surface area contributed by atoms with Crippen molar-refractivity contribution >= 4 is 23.1 Å². The molecule has 0 aliphatic carbocycles. The zero-order valence-electron chi connectivity index (χ0n) is 6.54. The molecule has 0 aromatic carbocycles. The van der Waals surface area contributed by atoms with Crippen molar-refractivity contribution < 1.29 is 0 Å². The maximum atomic E-state index is 5.61. The SMILES string of the molecule is CN(C)CCc1nsc(Cl)n1. The van der Waals surface area contributed by atoms with Crippen molar-refractivity contribution in [3.8, 4) is 0 Å². The monoisotopic (exact) mass is 191 g/mol. The highest BCUT2D eigenvalue weighted by molar-refractivity contribution is 7.10. The van der Waals surface area contributed by atoms with Crippen LogP contribution in [0.3, 0.4) is 0 Å². The number of likely N-dealkylation sites (N-methyl/N-ethyl adjacent to an activating group) is 1. The van der Waals surface area contributed by atoms with Crippen molar-refractivity contribution in [3.05, 3.63) is 10.3 Å². The van der Waals surface area contributed by atoms with Crippen LogP contribution in [0.5, 0.6) is 0 Å². The fraction of sp³-hybridized carbons (Fsp3) is 0.667. The number of rotatable bonds is 3. The lowest BCUT2D eigenvalue weighted by Crippen LogP contribution is -2.15. The molecule has 0 aliphatic rings. The van der Waals surface area contributed by atoms with E-state index in [2.05, 4.69) is 14.3 Å². The predicted molar refractivity (Wildman–Crippen MR) is 47.2 cm³/mol. The van der Waals surface area contributed by atoms with Crippen molar-refractivity contribution in [2.24, 2.45) is 0 Å². The van der Waals surface area contributed by atoms with Crippen LogP contribution in [0.1, 0.15) is 5.82 Å². The quantitative estimate of drug-likeness (QED) is 0.721. The predicted octanol–water partition coefficient (Wildman–Crippen LogP) is 1.30. The molecule has 0 saturated heterocycles. The summed E-state index contributed by atoms with van der Waals surface area (Å²) < 4.78 is 4.59. The number of halogens is 1. The molecule has 3 nitrogen and oxygen atoms in total. The second kappa shape index (κ2) is 3.99. The van der Waals surface area contributed by atoms with Gasteiger partial charge in [-0.3, -0.25) is 0 Å². The molecular weight excluding hydrogens is 182 g/mol. The topological polar surface area (TPSA) is 29.0 Å². The molecule has 0 N–H and O–H groups in total. The first-order valence-corrected chi connectivity index (χ1v) is 4.46. The van der Waals surface area contributed by atoms with E-state index >= 15 is 0 Å². The zero-order valence-corrected chi connectivity index (χ0v) is 8.11. The Morgan fingerprint density at radius 3 is 2.73 bits per heavy atom. The molecule has 0 bridgehead atoms. The molecule has 0 amide bonds. The van der Waals surface area contributed by atoms with Crippen LogP contribution < -0.4 is 0 Å². The molecule has 1 heterocycles. The third-order valence-electron chi connectivity index (χ3n) is 1.23. The molecule has 5 heteroatoms. The van der Waals surface area contributed by atoms with Gasteiger partial charge in [-0.1, -0.05) is 0 Å². The van der Waals surface area contributed by atoms with Crippen molar-refractivity contribution in [1.29, 1.82) is 0 Å². The summed E-state index contributed by atoms with van der Waals surface area (Å²) in [5.74, 6) is 0.841. The van der Waals surface area contributed by atoms with Crippen LogP contribution in [0.4, 0.5) is 0 Å². The molecule has 11 heavy (non-hydrogen) atoms. The van der Waals surface area contributed by atoms with Crippen molar-refractivity contribution in [2.45, 2.75) is 6.42 Å². The Morgan fingerprint density at radius 1 is 1.55 bits per heavy atom. The highest BCUT2D eigenvalue weighted by atomic mass is 35.5. The largest absolute Gasteiger partial charge is 0.309 e. The fourth-order valence-corrected chi connectivity index (χ4v) is 1.32. The Bertz CT molecular complexity index is 223. The lowest BCUT2D eigenvalue weighted by atomic mass is 10.4. The minimum atomic E-state index is 0.527. The Labute approximate surface area is 75.2 Å². The van der Waals surface area contributed by atoms with Crippen LogP contribution in [0, 0.1) is 0 Å². The molecule has 0 atom stereocenters. The smallest absolute Gasteiger partial charge is 0.203 e. The van der Waals surface area contributed by atoms with Crippen LogP contribution in [0.15, 0.2) is 0 Å². The molecule has 0 fully saturated rings. The molecule has 1 aromatic heterocycles. The second-order valence-electron chi connectivity index (χ2n) is 2.52. The lowest BCUT2D eigenvalue weighted by Gasteiger charge is -2.05. The maximum Gasteiger partial charge on any atom is 0.203 e. The van der Waals surface area contributed by atoms with Crippen molar-refractivity contribution in [2.75, 3.05) is 20.6 Å². The average molecular weight is 192 g/mol.